The largest absolute Gasteiger partial charge is 0.317 e. The fraction of sp³-hybridized carbons (Fsp3) is 0.818. The van der Waals surface area contributed by atoms with Crippen molar-refractivity contribution in [3.63, 3.8) is 0 Å². The molecule has 12 heavy (non-hydrogen) atoms. The Balaban J connectivity index is 3.58. The minimum atomic E-state index is 0.629. The van der Waals surface area contributed by atoms with E-state index in [9.17, 15) is 0 Å². The molecule has 0 saturated heterocycles. The first-order valence-electron chi connectivity index (χ1n) is 4.94. The van der Waals surface area contributed by atoms with Crippen LogP contribution in [0.2, 0.25) is 0 Å². The van der Waals surface area contributed by atoms with Gasteiger partial charge in [0, 0.05) is 6.04 Å². The highest BCUT2D eigenvalue weighted by atomic mass is 14.8. The summed E-state index contributed by atoms with van der Waals surface area (Å²) in [5, 5.41) is 3.26. The van der Waals surface area contributed by atoms with E-state index in [2.05, 4.69) is 32.7 Å². The Morgan fingerprint density at radius 1 is 1.42 bits per heavy atom. The van der Waals surface area contributed by atoms with Gasteiger partial charge >= 0.3 is 0 Å². The molecule has 0 rings (SSSR count). The van der Waals surface area contributed by atoms with Crippen LogP contribution in [0.3, 0.4) is 0 Å². The van der Waals surface area contributed by atoms with Crippen molar-refractivity contribution in [1.82, 2.24) is 5.32 Å². The summed E-state index contributed by atoms with van der Waals surface area (Å²) in [7, 11) is 2.02. The van der Waals surface area contributed by atoms with Crippen molar-refractivity contribution in [3.8, 4) is 0 Å². The number of nitrogens with one attached hydrogen (secondary N) is 1. The van der Waals surface area contributed by atoms with Crippen LogP contribution in [-0.2, 0) is 0 Å². The van der Waals surface area contributed by atoms with Crippen molar-refractivity contribution >= 4 is 0 Å². The zero-order valence-electron chi connectivity index (χ0n) is 8.98. The zero-order chi connectivity index (χ0) is 9.56. The van der Waals surface area contributed by atoms with E-state index in [4.69, 9.17) is 0 Å². The van der Waals surface area contributed by atoms with E-state index in [-0.39, 0.29) is 0 Å². The van der Waals surface area contributed by atoms with Gasteiger partial charge in [0.25, 0.3) is 0 Å². The molecular weight excluding hydrogens is 146 g/mol. The third-order valence-electron chi connectivity index (χ3n) is 2.39. The molecule has 0 bridgehead atoms. The summed E-state index contributed by atoms with van der Waals surface area (Å²) in [4.78, 5) is 0. The first-order chi connectivity index (χ1) is 5.60. The summed E-state index contributed by atoms with van der Waals surface area (Å²) in [6.45, 7) is 10.7. The lowest BCUT2D eigenvalue weighted by molar-refractivity contribution is 0.437. The molecule has 2 atom stereocenters. The summed E-state index contributed by atoms with van der Waals surface area (Å²) in [5.74, 6) is 0.764. The molecule has 0 aromatic carbocycles. The molecule has 0 aliphatic carbocycles. The molecule has 2 unspecified atom stereocenters. The van der Waals surface area contributed by atoms with E-state index >= 15 is 0 Å². The molecule has 0 spiro atoms. The first-order valence-corrected chi connectivity index (χ1v) is 4.94. The van der Waals surface area contributed by atoms with E-state index in [1.54, 1.807) is 0 Å². The fourth-order valence-electron chi connectivity index (χ4n) is 1.44. The summed E-state index contributed by atoms with van der Waals surface area (Å²) in [6.07, 6.45) is 3.55. The lowest BCUT2D eigenvalue weighted by Gasteiger charge is -2.17. The maximum Gasteiger partial charge on any atom is 0.00383 e. The van der Waals surface area contributed by atoms with Gasteiger partial charge in [-0.1, -0.05) is 26.0 Å². The quantitative estimate of drug-likeness (QED) is 0.603. The summed E-state index contributed by atoms with van der Waals surface area (Å²) in [6, 6.07) is 0.629. The average molecular weight is 169 g/mol. The van der Waals surface area contributed by atoms with E-state index < -0.39 is 0 Å². The third-order valence-corrected chi connectivity index (χ3v) is 2.39. The highest BCUT2D eigenvalue weighted by Crippen LogP contribution is 2.16. The number of allylic oxidation sites excluding steroid dienone is 1. The highest BCUT2D eigenvalue weighted by molar-refractivity contribution is 4.93. The van der Waals surface area contributed by atoms with E-state index in [1.165, 1.54) is 18.4 Å². The zero-order valence-corrected chi connectivity index (χ0v) is 8.98. The van der Waals surface area contributed by atoms with Crippen LogP contribution in [0.15, 0.2) is 12.2 Å². The van der Waals surface area contributed by atoms with Crippen LogP contribution < -0.4 is 5.32 Å². The lowest BCUT2D eigenvalue weighted by Crippen LogP contribution is -2.23. The second kappa shape index (κ2) is 6.24. The van der Waals surface area contributed by atoms with Crippen molar-refractivity contribution in [2.45, 2.75) is 46.1 Å². The molecular formula is C11H23N. The third kappa shape index (κ3) is 5.36. The number of hydrogen-bond donors (Lipinski definition) is 1. The molecule has 1 nitrogen and oxygen atoms in total. The van der Waals surface area contributed by atoms with E-state index in [1.807, 2.05) is 7.05 Å². The smallest absolute Gasteiger partial charge is 0.00383 e. The molecule has 0 saturated carbocycles. The topological polar surface area (TPSA) is 12.0 Å². The van der Waals surface area contributed by atoms with Gasteiger partial charge in [0.15, 0.2) is 0 Å². The standard InChI is InChI=1S/C11H23N/c1-6-9(2)7-10(3)8-11(4)12-5/h10-12H,2,6-8H2,1,3-5H3. The summed E-state index contributed by atoms with van der Waals surface area (Å²) >= 11 is 0. The van der Waals surface area contributed by atoms with Gasteiger partial charge in [-0.15, -0.1) is 0 Å². The Morgan fingerprint density at radius 3 is 2.42 bits per heavy atom. The van der Waals surface area contributed by atoms with Crippen molar-refractivity contribution in [3.05, 3.63) is 12.2 Å². The van der Waals surface area contributed by atoms with Crippen LogP contribution in [0.4, 0.5) is 0 Å². The second-order valence-electron chi connectivity index (χ2n) is 3.84. The average Bonchev–Trinajstić information content (AvgIpc) is 2.03. The van der Waals surface area contributed by atoms with Gasteiger partial charge in [-0.2, -0.15) is 0 Å². The molecule has 1 N–H and O–H groups in total. The van der Waals surface area contributed by atoms with Gasteiger partial charge in [0.1, 0.15) is 0 Å². The molecule has 1 heteroatoms. The Bertz CT molecular complexity index is 129. The molecule has 0 radical (unpaired) electrons. The van der Waals surface area contributed by atoms with Crippen molar-refractivity contribution in [1.29, 1.82) is 0 Å². The van der Waals surface area contributed by atoms with Gasteiger partial charge in [0.05, 0.1) is 0 Å². The van der Waals surface area contributed by atoms with Crippen LogP contribution in [0.25, 0.3) is 0 Å². The van der Waals surface area contributed by atoms with Gasteiger partial charge < -0.3 is 5.32 Å². The molecule has 0 aliphatic rings. The number of hydrogen-bond acceptors (Lipinski definition) is 1. The Hall–Kier alpha value is -0.300. The normalized spacial score (nSPS) is 15.7. The lowest BCUT2D eigenvalue weighted by atomic mass is 9.95. The maximum atomic E-state index is 4.03. The minimum Gasteiger partial charge on any atom is -0.317 e. The van der Waals surface area contributed by atoms with E-state index in [0.29, 0.717) is 6.04 Å². The Labute approximate surface area is 77.2 Å². The van der Waals surface area contributed by atoms with Crippen molar-refractivity contribution < 1.29 is 0 Å². The summed E-state index contributed by atoms with van der Waals surface area (Å²) in [5.41, 5.74) is 1.38. The monoisotopic (exact) mass is 169 g/mol. The van der Waals surface area contributed by atoms with Crippen LogP contribution >= 0.6 is 0 Å². The molecule has 72 valence electrons. The van der Waals surface area contributed by atoms with Gasteiger partial charge in [0.2, 0.25) is 0 Å². The molecule has 0 aromatic heterocycles. The van der Waals surface area contributed by atoms with Crippen LogP contribution in [0.5, 0.6) is 0 Å². The Morgan fingerprint density at radius 2 is 2.00 bits per heavy atom. The maximum absolute atomic E-state index is 4.03. The predicted molar refractivity (Wildman–Crippen MR) is 56.4 cm³/mol. The van der Waals surface area contributed by atoms with E-state index in [0.717, 1.165) is 12.3 Å². The van der Waals surface area contributed by atoms with Gasteiger partial charge in [-0.25, -0.2) is 0 Å². The van der Waals surface area contributed by atoms with Crippen molar-refractivity contribution in [2.24, 2.45) is 5.92 Å². The first kappa shape index (κ1) is 11.7. The van der Waals surface area contributed by atoms with Gasteiger partial charge in [-0.05, 0) is 39.2 Å². The molecule has 0 fully saturated rings. The fourth-order valence-corrected chi connectivity index (χ4v) is 1.44. The van der Waals surface area contributed by atoms with Crippen LogP contribution in [0, 0.1) is 5.92 Å². The molecule has 0 amide bonds. The van der Waals surface area contributed by atoms with Crippen LogP contribution in [0.1, 0.15) is 40.0 Å². The summed E-state index contributed by atoms with van der Waals surface area (Å²) < 4.78 is 0. The minimum absolute atomic E-state index is 0.629. The Kier molecular flexibility index (Phi) is 6.09. The predicted octanol–water partition coefficient (Wildman–Crippen LogP) is 2.98. The second-order valence-corrected chi connectivity index (χ2v) is 3.84. The van der Waals surface area contributed by atoms with Crippen LogP contribution in [-0.4, -0.2) is 13.1 Å². The van der Waals surface area contributed by atoms with Crippen molar-refractivity contribution in [2.75, 3.05) is 7.05 Å². The molecule has 0 aliphatic heterocycles. The molecule has 0 aromatic rings. The van der Waals surface area contributed by atoms with Gasteiger partial charge in [-0.3, -0.25) is 0 Å². The number of rotatable bonds is 6. The highest BCUT2D eigenvalue weighted by Gasteiger charge is 2.07. The SMILES string of the molecule is C=C(CC)CC(C)CC(C)NC. The molecule has 0 heterocycles.